The fourth-order valence-electron chi connectivity index (χ4n) is 2.51. The van der Waals surface area contributed by atoms with E-state index in [0.29, 0.717) is 10.8 Å². The molecule has 0 fully saturated rings. The van der Waals surface area contributed by atoms with Crippen molar-refractivity contribution in [1.82, 2.24) is 4.98 Å². The lowest BCUT2D eigenvalue weighted by molar-refractivity contribution is -0.386. The predicted octanol–water partition coefficient (Wildman–Crippen LogP) is 4.62. The zero-order valence-electron chi connectivity index (χ0n) is 14.8. The van der Waals surface area contributed by atoms with Gasteiger partial charge in [0.1, 0.15) is 6.61 Å². The van der Waals surface area contributed by atoms with Crippen LogP contribution in [0.5, 0.6) is 5.75 Å². The molecule has 27 heavy (non-hydrogen) atoms. The van der Waals surface area contributed by atoms with Gasteiger partial charge in [-0.25, -0.2) is 4.98 Å². The number of nitro benzene ring substituents is 1. The molecule has 0 bridgehead atoms. The second kappa shape index (κ2) is 7.96. The van der Waals surface area contributed by atoms with Crippen molar-refractivity contribution in [2.75, 3.05) is 4.90 Å². The van der Waals surface area contributed by atoms with Crippen LogP contribution < -0.4 is 9.64 Å². The van der Waals surface area contributed by atoms with Crippen LogP contribution in [-0.4, -0.2) is 15.8 Å². The van der Waals surface area contributed by atoms with Crippen LogP contribution in [0.2, 0.25) is 0 Å². The van der Waals surface area contributed by atoms with E-state index < -0.39 is 4.92 Å². The maximum atomic E-state index is 12.1. The molecule has 3 aromatic rings. The molecular weight excluding hydrogens is 366 g/mol. The SMILES string of the molecule is CC(=O)N(c1ccccc1)c1nc(COc2cc(C)ccc2[N+](=O)[O-])cs1. The summed E-state index contributed by atoms with van der Waals surface area (Å²) in [6.45, 7) is 3.38. The molecule has 0 saturated heterocycles. The van der Waals surface area contributed by atoms with E-state index >= 15 is 0 Å². The summed E-state index contributed by atoms with van der Waals surface area (Å²) in [4.78, 5) is 28.7. The minimum absolute atomic E-state index is 0.0708. The van der Waals surface area contributed by atoms with Crippen molar-refractivity contribution in [3.05, 3.63) is 75.3 Å². The molecule has 0 saturated carbocycles. The van der Waals surface area contributed by atoms with Crippen molar-refractivity contribution in [3.8, 4) is 5.75 Å². The van der Waals surface area contributed by atoms with Gasteiger partial charge in [0.15, 0.2) is 10.9 Å². The summed E-state index contributed by atoms with van der Waals surface area (Å²) < 4.78 is 5.62. The summed E-state index contributed by atoms with van der Waals surface area (Å²) in [5.41, 5.74) is 2.08. The average molecular weight is 383 g/mol. The van der Waals surface area contributed by atoms with Gasteiger partial charge in [-0.2, -0.15) is 0 Å². The summed E-state index contributed by atoms with van der Waals surface area (Å²) in [6, 6.07) is 13.9. The summed E-state index contributed by atoms with van der Waals surface area (Å²) in [6.07, 6.45) is 0. The lowest BCUT2D eigenvalue weighted by Gasteiger charge is -2.17. The number of thiazole rings is 1. The first kappa shape index (κ1) is 18.5. The Labute approximate surface area is 160 Å². The number of carbonyl (C=O) groups is 1. The fourth-order valence-corrected chi connectivity index (χ4v) is 3.38. The Balaban J connectivity index is 1.80. The minimum atomic E-state index is -0.478. The molecule has 0 N–H and O–H groups in total. The normalized spacial score (nSPS) is 10.4. The Morgan fingerprint density at radius 2 is 2.00 bits per heavy atom. The third kappa shape index (κ3) is 4.29. The Hall–Kier alpha value is -3.26. The number of carbonyl (C=O) groups excluding carboxylic acids is 1. The summed E-state index contributed by atoms with van der Waals surface area (Å²) in [5, 5.41) is 13.4. The number of aryl methyl sites for hydroxylation is 1. The minimum Gasteiger partial charge on any atom is -0.480 e. The maximum absolute atomic E-state index is 12.1. The highest BCUT2D eigenvalue weighted by Crippen LogP contribution is 2.31. The summed E-state index contributed by atoms with van der Waals surface area (Å²) >= 11 is 1.31. The average Bonchev–Trinajstić information content (AvgIpc) is 3.09. The smallest absolute Gasteiger partial charge is 0.310 e. The van der Waals surface area contributed by atoms with Gasteiger partial charge in [0.25, 0.3) is 0 Å². The van der Waals surface area contributed by atoms with Crippen LogP contribution in [0.4, 0.5) is 16.5 Å². The predicted molar refractivity (Wildman–Crippen MR) is 104 cm³/mol. The zero-order valence-corrected chi connectivity index (χ0v) is 15.6. The van der Waals surface area contributed by atoms with Crippen LogP contribution in [0.15, 0.2) is 53.9 Å². The number of rotatable bonds is 6. The zero-order chi connectivity index (χ0) is 19.4. The topological polar surface area (TPSA) is 85.6 Å². The van der Waals surface area contributed by atoms with Crippen LogP contribution in [0.3, 0.4) is 0 Å². The summed E-state index contributed by atoms with van der Waals surface area (Å²) in [5.74, 6) is 0.0402. The van der Waals surface area contributed by atoms with Crippen LogP contribution in [-0.2, 0) is 11.4 Å². The molecule has 7 nitrogen and oxygen atoms in total. The number of amides is 1. The molecule has 0 unspecified atom stereocenters. The number of anilines is 2. The number of benzene rings is 2. The van der Waals surface area contributed by atoms with Gasteiger partial charge in [-0.15, -0.1) is 11.3 Å². The first-order valence-corrected chi connectivity index (χ1v) is 9.01. The second-order valence-corrected chi connectivity index (χ2v) is 6.66. The molecule has 138 valence electrons. The van der Waals surface area contributed by atoms with Crippen molar-refractivity contribution in [1.29, 1.82) is 0 Å². The van der Waals surface area contributed by atoms with Gasteiger partial charge in [-0.05, 0) is 30.7 Å². The van der Waals surface area contributed by atoms with E-state index in [1.54, 1.807) is 17.5 Å². The highest BCUT2D eigenvalue weighted by molar-refractivity contribution is 7.14. The van der Waals surface area contributed by atoms with Crippen molar-refractivity contribution in [2.45, 2.75) is 20.5 Å². The van der Waals surface area contributed by atoms with Gasteiger partial charge in [0.05, 0.1) is 16.3 Å². The highest BCUT2D eigenvalue weighted by atomic mass is 32.1. The van der Waals surface area contributed by atoms with Gasteiger partial charge in [-0.3, -0.25) is 19.8 Å². The van der Waals surface area contributed by atoms with E-state index in [4.69, 9.17) is 4.74 Å². The third-order valence-corrected chi connectivity index (χ3v) is 4.62. The number of hydrogen-bond acceptors (Lipinski definition) is 6. The van der Waals surface area contributed by atoms with E-state index in [1.165, 1.54) is 29.2 Å². The first-order valence-electron chi connectivity index (χ1n) is 8.13. The molecule has 0 aliphatic rings. The van der Waals surface area contributed by atoms with Crippen molar-refractivity contribution >= 4 is 33.8 Å². The Bertz CT molecular complexity index is 972. The highest BCUT2D eigenvalue weighted by Gasteiger charge is 2.19. The summed E-state index contributed by atoms with van der Waals surface area (Å²) in [7, 11) is 0. The lowest BCUT2D eigenvalue weighted by Crippen LogP contribution is -2.22. The van der Waals surface area contributed by atoms with Crippen molar-refractivity contribution in [3.63, 3.8) is 0 Å². The molecular formula is C19H17N3O4S. The molecule has 0 aliphatic carbocycles. The quantitative estimate of drug-likeness (QED) is 0.458. The number of para-hydroxylation sites is 1. The van der Waals surface area contributed by atoms with E-state index in [9.17, 15) is 14.9 Å². The fraction of sp³-hybridized carbons (Fsp3) is 0.158. The standard InChI is InChI=1S/C19H17N3O4S/c1-13-8-9-17(22(24)25)18(10-13)26-11-15-12-27-19(20-15)21(14(2)23)16-6-4-3-5-7-16/h3-10,12H,11H2,1-2H3. The maximum Gasteiger partial charge on any atom is 0.310 e. The van der Waals surface area contributed by atoms with E-state index in [1.807, 2.05) is 37.3 Å². The molecule has 0 atom stereocenters. The largest absolute Gasteiger partial charge is 0.480 e. The van der Waals surface area contributed by atoms with Gasteiger partial charge in [-0.1, -0.05) is 24.3 Å². The van der Waals surface area contributed by atoms with E-state index in [2.05, 4.69) is 4.98 Å². The monoisotopic (exact) mass is 383 g/mol. The van der Waals surface area contributed by atoms with Gasteiger partial charge in [0, 0.05) is 18.4 Å². The molecule has 3 rings (SSSR count). The molecule has 0 spiro atoms. The van der Waals surface area contributed by atoms with Crippen LogP contribution in [0, 0.1) is 17.0 Å². The first-order chi connectivity index (χ1) is 13.0. The third-order valence-electron chi connectivity index (χ3n) is 3.75. The molecule has 0 radical (unpaired) electrons. The number of nitro groups is 1. The van der Waals surface area contributed by atoms with Crippen LogP contribution >= 0.6 is 11.3 Å². The Morgan fingerprint density at radius 1 is 1.26 bits per heavy atom. The van der Waals surface area contributed by atoms with Gasteiger partial charge in [0.2, 0.25) is 5.91 Å². The van der Waals surface area contributed by atoms with Crippen LogP contribution in [0.1, 0.15) is 18.2 Å². The Morgan fingerprint density at radius 3 is 2.67 bits per heavy atom. The molecule has 1 aromatic heterocycles. The molecule has 8 heteroatoms. The number of ether oxygens (including phenoxy) is 1. The molecule has 0 aliphatic heterocycles. The number of hydrogen-bond donors (Lipinski definition) is 0. The number of aromatic nitrogens is 1. The molecule has 2 aromatic carbocycles. The lowest BCUT2D eigenvalue weighted by atomic mass is 10.2. The molecule has 1 amide bonds. The molecule has 1 heterocycles. The Kier molecular flexibility index (Phi) is 5.46. The van der Waals surface area contributed by atoms with Gasteiger partial charge >= 0.3 is 5.69 Å². The number of nitrogens with zero attached hydrogens (tertiary/aromatic N) is 3. The van der Waals surface area contributed by atoms with Crippen LogP contribution in [0.25, 0.3) is 0 Å². The van der Waals surface area contributed by atoms with Gasteiger partial charge < -0.3 is 4.74 Å². The second-order valence-electron chi connectivity index (χ2n) is 5.83. The van der Waals surface area contributed by atoms with Crippen molar-refractivity contribution < 1.29 is 14.5 Å². The van der Waals surface area contributed by atoms with E-state index in [-0.39, 0.29) is 24.0 Å². The van der Waals surface area contributed by atoms with E-state index in [0.717, 1.165) is 11.3 Å². The van der Waals surface area contributed by atoms with Crippen molar-refractivity contribution in [2.24, 2.45) is 0 Å².